The number of nitriles is 1. The molecule has 0 aromatic carbocycles. The molecule has 0 fully saturated rings. The first-order valence-corrected chi connectivity index (χ1v) is 2.06. The largest absolute Gasteiger partial charge is 0.389 e. The topological polar surface area (TPSA) is 23.8 Å². The summed E-state index contributed by atoms with van der Waals surface area (Å²) in [6.45, 7) is 0. The Hall–Kier alpha value is 0.255. The van der Waals surface area contributed by atoms with Gasteiger partial charge in [0.1, 0.15) is 0 Å². The van der Waals surface area contributed by atoms with E-state index >= 15 is 0 Å². The lowest BCUT2D eigenvalue weighted by Gasteiger charge is -1.66. The number of nitrogens with zero attached hydrogens (tertiary/aromatic N) is 1. The molecule has 0 atom stereocenters. The number of hydrogen-bond acceptors (Lipinski definition) is 3. The maximum absolute atomic E-state index is 7.74. The van der Waals surface area contributed by atoms with Crippen molar-refractivity contribution in [1.82, 2.24) is 0 Å². The zero-order valence-corrected chi connectivity index (χ0v) is 4.21. The molecule has 0 radical (unpaired) electrons. The summed E-state index contributed by atoms with van der Waals surface area (Å²) in [7, 11) is 0. The third-order valence-electron chi connectivity index (χ3n) is 0.115. The molecule has 0 bridgehead atoms. The second-order valence-corrected chi connectivity index (χ2v) is 1.94. The zero-order valence-electron chi connectivity index (χ0n) is 2.42. The first-order valence-electron chi connectivity index (χ1n) is 1.03. The van der Waals surface area contributed by atoms with Crippen molar-refractivity contribution in [3.05, 3.63) is 0 Å². The molecule has 1 nitrogen and oxygen atoms in total. The van der Waals surface area contributed by atoms with Crippen molar-refractivity contribution >= 4 is 30.2 Å². The van der Waals surface area contributed by atoms with E-state index in [2.05, 4.69) is 25.0 Å². The summed E-state index contributed by atoms with van der Waals surface area (Å²) in [6.07, 6.45) is 0. The Kier molecular flexibility index (Phi) is 2.62. The molecular weight excluding hydrogens is 101 g/mol. The average Bonchev–Trinajstić information content (AvgIpc) is 1.38. The minimum Gasteiger partial charge on any atom is -0.210 e. The monoisotopic (exact) mass is 103 g/mol. The van der Waals surface area contributed by atoms with Crippen LogP contribution in [-0.4, -0.2) is 5.27 Å². The molecule has 0 N–H and O–H groups in total. The van der Waals surface area contributed by atoms with Gasteiger partial charge in [-0.3, -0.25) is 0 Å². The second kappa shape index (κ2) is 2.49. The van der Waals surface area contributed by atoms with Gasteiger partial charge >= 0.3 is 5.27 Å². The standard InChI is InChI=1S/CH2BNS2/c3-1-2(4)5/h4-5H. The fourth-order valence-corrected chi connectivity index (χ4v) is 0. The van der Waals surface area contributed by atoms with Gasteiger partial charge in [0.15, 0.2) is 0 Å². The molecule has 0 aliphatic carbocycles. The summed E-state index contributed by atoms with van der Waals surface area (Å²) in [6, 6.07) is 0. The Balaban J connectivity index is 2.94. The summed E-state index contributed by atoms with van der Waals surface area (Å²) < 4.78 is 0. The Morgan fingerprint density at radius 3 is 1.80 bits per heavy atom. The molecule has 0 saturated carbocycles. The summed E-state index contributed by atoms with van der Waals surface area (Å²) in [5.41, 5.74) is 0. The van der Waals surface area contributed by atoms with Crippen LogP contribution in [0.4, 0.5) is 0 Å². The van der Waals surface area contributed by atoms with Gasteiger partial charge < -0.3 is 0 Å². The second-order valence-electron chi connectivity index (χ2n) is 0.503. The van der Waals surface area contributed by atoms with E-state index in [9.17, 15) is 0 Å². The van der Waals surface area contributed by atoms with Gasteiger partial charge in [0.2, 0.25) is 0 Å². The summed E-state index contributed by atoms with van der Waals surface area (Å²) in [4.78, 5) is 0. The van der Waals surface area contributed by atoms with Crippen LogP contribution >= 0.6 is 25.0 Å². The predicted octanol–water partition coefficient (Wildman–Crippen LogP) is 0.397. The van der Waals surface area contributed by atoms with E-state index in [4.69, 9.17) is 5.26 Å². The minimum absolute atomic E-state index is 0.421. The lowest BCUT2D eigenvalue weighted by Crippen LogP contribution is -1.81. The molecule has 0 aliphatic heterocycles. The molecule has 5 heavy (non-hydrogen) atoms. The summed E-state index contributed by atoms with van der Waals surface area (Å²) in [5, 5.41) is 7.32. The van der Waals surface area contributed by atoms with Crippen molar-refractivity contribution in [2.75, 3.05) is 0 Å². The Morgan fingerprint density at radius 1 is 1.60 bits per heavy atom. The predicted molar refractivity (Wildman–Crippen MR) is 29.3 cm³/mol. The lowest BCUT2D eigenvalue weighted by atomic mass is 10.2. The Morgan fingerprint density at radius 2 is 1.80 bits per heavy atom. The molecule has 0 spiro atoms. The van der Waals surface area contributed by atoms with Gasteiger partial charge in [-0.15, -0.1) is 0 Å². The molecule has 0 unspecified atom stereocenters. The smallest absolute Gasteiger partial charge is 0.210 e. The normalized spacial score (nSPS) is 5.80. The van der Waals surface area contributed by atoms with E-state index < -0.39 is 5.27 Å². The SMILES string of the molecule is N#CB(S)S. The molecule has 0 aromatic rings. The van der Waals surface area contributed by atoms with Gasteiger partial charge in [-0.05, 0) is 0 Å². The van der Waals surface area contributed by atoms with Gasteiger partial charge in [0.25, 0.3) is 0 Å². The van der Waals surface area contributed by atoms with E-state index in [0.717, 1.165) is 0 Å². The first kappa shape index (κ1) is 5.25. The molecule has 26 valence electrons. The van der Waals surface area contributed by atoms with Crippen molar-refractivity contribution in [3.63, 3.8) is 0 Å². The van der Waals surface area contributed by atoms with Crippen molar-refractivity contribution in [2.45, 2.75) is 0 Å². The van der Waals surface area contributed by atoms with Crippen LogP contribution in [0.5, 0.6) is 0 Å². The highest BCUT2D eigenvalue weighted by Gasteiger charge is 1.92. The maximum atomic E-state index is 7.74. The number of rotatable bonds is 0. The van der Waals surface area contributed by atoms with Gasteiger partial charge in [0.05, 0.1) is 0 Å². The van der Waals surface area contributed by atoms with Gasteiger partial charge in [0, 0.05) is 5.97 Å². The van der Waals surface area contributed by atoms with Crippen LogP contribution in [0, 0.1) is 11.2 Å². The van der Waals surface area contributed by atoms with E-state index in [0.29, 0.717) is 0 Å². The molecule has 0 aromatic heterocycles. The van der Waals surface area contributed by atoms with Crippen LogP contribution in [-0.2, 0) is 0 Å². The van der Waals surface area contributed by atoms with E-state index in [1.165, 1.54) is 0 Å². The van der Waals surface area contributed by atoms with Crippen molar-refractivity contribution in [1.29, 1.82) is 5.26 Å². The zero-order chi connectivity index (χ0) is 4.28. The highest BCUT2D eigenvalue weighted by molar-refractivity contribution is 8.41. The number of thiol groups is 2. The third kappa shape index (κ3) is 4.25. The fraction of sp³-hybridized carbons (Fsp3) is 0. The molecule has 0 amide bonds. The quantitative estimate of drug-likeness (QED) is 0.336. The van der Waals surface area contributed by atoms with Crippen LogP contribution in [0.3, 0.4) is 0 Å². The highest BCUT2D eigenvalue weighted by Crippen LogP contribution is 1.86. The van der Waals surface area contributed by atoms with Crippen LogP contribution in [0.15, 0.2) is 0 Å². The first-order chi connectivity index (χ1) is 2.27. The molecular formula is CH2BNS2. The van der Waals surface area contributed by atoms with Crippen molar-refractivity contribution < 1.29 is 0 Å². The lowest BCUT2D eigenvalue weighted by molar-refractivity contribution is 1.56. The summed E-state index contributed by atoms with van der Waals surface area (Å²) in [5.74, 6) is 1.76. The Labute approximate surface area is 42.1 Å². The van der Waals surface area contributed by atoms with Crippen LogP contribution < -0.4 is 0 Å². The van der Waals surface area contributed by atoms with Crippen LogP contribution in [0.25, 0.3) is 0 Å². The minimum atomic E-state index is -0.421. The average molecular weight is 103 g/mol. The van der Waals surface area contributed by atoms with Gasteiger partial charge in [-0.25, -0.2) is 5.26 Å². The molecule has 0 saturated heterocycles. The van der Waals surface area contributed by atoms with Crippen molar-refractivity contribution in [3.8, 4) is 5.97 Å². The van der Waals surface area contributed by atoms with E-state index in [1.807, 2.05) is 0 Å². The van der Waals surface area contributed by atoms with Crippen LogP contribution in [0.2, 0.25) is 0 Å². The van der Waals surface area contributed by atoms with E-state index in [1.54, 1.807) is 5.97 Å². The fourth-order valence-electron chi connectivity index (χ4n) is 0. The highest BCUT2D eigenvalue weighted by atomic mass is 32.2. The van der Waals surface area contributed by atoms with Gasteiger partial charge in [-0.1, -0.05) is 0 Å². The number of hydrogen-bond donors (Lipinski definition) is 2. The van der Waals surface area contributed by atoms with Gasteiger partial charge in [-0.2, -0.15) is 25.0 Å². The Bertz CT molecular complexity index is 55.2. The van der Waals surface area contributed by atoms with Crippen molar-refractivity contribution in [2.24, 2.45) is 0 Å². The van der Waals surface area contributed by atoms with Crippen LogP contribution in [0.1, 0.15) is 0 Å². The molecule has 4 heteroatoms. The third-order valence-corrected chi connectivity index (χ3v) is 0.346. The maximum Gasteiger partial charge on any atom is 0.389 e. The molecule has 0 aliphatic rings. The molecule has 0 heterocycles. The molecule has 0 rings (SSSR count). The van der Waals surface area contributed by atoms with E-state index in [-0.39, 0.29) is 0 Å². The summed E-state index contributed by atoms with van der Waals surface area (Å²) >= 11 is 7.20.